The second-order valence-electron chi connectivity index (χ2n) is 5.51. The molecule has 0 aromatic heterocycles. The number of hydrogen-bond donors (Lipinski definition) is 1. The van der Waals surface area contributed by atoms with Crippen LogP contribution in [0.5, 0.6) is 5.75 Å². The number of likely N-dealkylation sites (tertiary alicyclic amines) is 1. The van der Waals surface area contributed by atoms with Gasteiger partial charge in [-0.2, -0.15) is 0 Å². The van der Waals surface area contributed by atoms with Crippen LogP contribution in [0.4, 0.5) is 0 Å². The second-order valence-corrected chi connectivity index (χ2v) is 5.51. The van der Waals surface area contributed by atoms with Crippen molar-refractivity contribution >= 4 is 0 Å². The Hall–Kier alpha value is -1.06. The fourth-order valence-corrected chi connectivity index (χ4v) is 3.25. The third-order valence-corrected chi connectivity index (χ3v) is 4.24. The summed E-state index contributed by atoms with van der Waals surface area (Å²) in [5.74, 6) is 1.81. The van der Waals surface area contributed by atoms with Crippen molar-refractivity contribution in [2.24, 2.45) is 5.92 Å². The number of fused-ring (bicyclic) bond motifs is 1. The highest BCUT2D eigenvalue weighted by atomic mass is 16.5. The quantitative estimate of drug-likeness (QED) is 0.881. The van der Waals surface area contributed by atoms with Gasteiger partial charge in [0.25, 0.3) is 0 Å². The third kappa shape index (κ3) is 2.52. The van der Waals surface area contributed by atoms with E-state index < -0.39 is 0 Å². The number of rotatable bonds is 3. The average Bonchev–Trinajstić information content (AvgIpc) is 2.82. The summed E-state index contributed by atoms with van der Waals surface area (Å²) in [6, 6.07) is 9.19. The number of nitrogens with zero attached hydrogens (tertiary/aromatic N) is 1. The summed E-state index contributed by atoms with van der Waals surface area (Å²) in [5, 5.41) is 3.65. The van der Waals surface area contributed by atoms with Gasteiger partial charge in [-0.05, 0) is 43.0 Å². The molecule has 2 atom stereocenters. The first-order valence-electron chi connectivity index (χ1n) is 6.94. The summed E-state index contributed by atoms with van der Waals surface area (Å²) in [6.07, 6.45) is 2.74. The Morgan fingerprint density at radius 1 is 1.28 bits per heavy atom. The smallest absolute Gasteiger partial charge is 0.118 e. The lowest BCUT2D eigenvalue weighted by molar-refractivity contribution is 0.312. The van der Waals surface area contributed by atoms with Gasteiger partial charge in [0.2, 0.25) is 0 Å². The largest absolute Gasteiger partial charge is 0.497 e. The van der Waals surface area contributed by atoms with Crippen LogP contribution in [0, 0.1) is 5.92 Å². The molecule has 1 aromatic carbocycles. The first-order chi connectivity index (χ1) is 8.85. The molecule has 2 aliphatic rings. The van der Waals surface area contributed by atoms with Crippen molar-refractivity contribution in [2.45, 2.75) is 25.4 Å². The van der Waals surface area contributed by atoms with Crippen LogP contribution < -0.4 is 10.1 Å². The molecule has 2 aliphatic heterocycles. The Labute approximate surface area is 109 Å². The molecule has 3 rings (SSSR count). The van der Waals surface area contributed by atoms with E-state index in [4.69, 9.17) is 4.74 Å². The predicted octanol–water partition coefficient (Wildman–Crippen LogP) is 1.88. The normalized spacial score (nSPS) is 28.1. The molecule has 0 saturated carbocycles. The molecular weight excluding hydrogens is 224 g/mol. The van der Waals surface area contributed by atoms with E-state index >= 15 is 0 Å². The number of methoxy groups -OCH3 is 1. The molecule has 0 amide bonds. The highest BCUT2D eigenvalue weighted by Gasteiger charge is 2.33. The Morgan fingerprint density at radius 2 is 2.11 bits per heavy atom. The fourth-order valence-electron chi connectivity index (χ4n) is 3.25. The van der Waals surface area contributed by atoms with Crippen molar-refractivity contribution in [3.05, 3.63) is 29.8 Å². The lowest BCUT2D eigenvalue weighted by Crippen LogP contribution is -2.40. The molecule has 18 heavy (non-hydrogen) atoms. The summed E-state index contributed by atoms with van der Waals surface area (Å²) in [7, 11) is 1.71. The maximum absolute atomic E-state index is 5.19. The molecule has 3 nitrogen and oxygen atoms in total. The summed E-state index contributed by atoms with van der Waals surface area (Å²) in [6.45, 7) is 4.73. The van der Waals surface area contributed by atoms with Crippen molar-refractivity contribution < 1.29 is 4.74 Å². The molecule has 2 heterocycles. The van der Waals surface area contributed by atoms with Crippen molar-refractivity contribution in [1.29, 1.82) is 0 Å². The molecule has 0 radical (unpaired) electrons. The van der Waals surface area contributed by atoms with Gasteiger partial charge in [-0.25, -0.2) is 0 Å². The van der Waals surface area contributed by atoms with E-state index in [2.05, 4.69) is 34.5 Å². The van der Waals surface area contributed by atoms with Gasteiger partial charge >= 0.3 is 0 Å². The zero-order valence-electron chi connectivity index (χ0n) is 11.1. The zero-order valence-corrected chi connectivity index (χ0v) is 11.1. The number of nitrogens with one attached hydrogen (secondary N) is 1. The van der Waals surface area contributed by atoms with Crippen LogP contribution in [-0.2, 0) is 6.54 Å². The fraction of sp³-hybridized carbons (Fsp3) is 0.600. The second kappa shape index (κ2) is 5.29. The van der Waals surface area contributed by atoms with Gasteiger partial charge in [-0.3, -0.25) is 4.90 Å². The van der Waals surface area contributed by atoms with Crippen molar-refractivity contribution in [1.82, 2.24) is 10.2 Å². The maximum atomic E-state index is 5.19. The molecule has 2 fully saturated rings. The molecule has 3 heteroatoms. The summed E-state index contributed by atoms with van der Waals surface area (Å²) >= 11 is 0. The minimum absolute atomic E-state index is 0.733. The highest BCUT2D eigenvalue weighted by Crippen LogP contribution is 2.26. The van der Waals surface area contributed by atoms with E-state index in [1.165, 1.54) is 38.0 Å². The molecule has 0 spiro atoms. The number of piperidine rings is 1. The number of benzene rings is 1. The van der Waals surface area contributed by atoms with Crippen LogP contribution in [0.25, 0.3) is 0 Å². The van der Waals surface area contributed by atoms with E-state index in [0.29, 0.717) is 0 Å². The van der Waals surface area contributed by atoms with E-state index in [1.54, 1.807) is 7.11 Å². The lowest BCUT2D eigenvalue weighted by Gasteiger charge is -2.24. The van der Waals surface area contributed by atoms with Crippen molar-refractivity contribution in [3.63, 3.8) is 0 Å². The van der Waals surface area contributed by atoms with Crippen LogP contribution in [-0.4, -0.2) is 37.7 Å². The van der Waals surface area contributed by atoms with E-state index in [1.807, 2.05) is 0 Å². The predicted molar refractivity (Wildman–Crippen MR) is 72.8 cm³/mol. The van der Waals surface area contributed by atoms with E-state index in [9.17, 15) is 0 Å². The van der Waals surface area contributed by atoms with Gasteiger partial charge in [0.1, 0.15) is 5.75 Å². The zero-order chi connectivity index (χ0) is 12.4. The summed E-state index contributed by atoms with van der Waals surface area (Å²) in [5.41, 5.74) is 1.38. The van der Waals surface area contributed by atoms with Crippen LogP contribution in [0.2, 0.25) is 0 Å². The van der Waals surface area contributed by atoms with E-state index in [0.717, 1.165) is 24.3 Å². The summed E-state index contributed by atoms with van der Waals surface area (Å²) in [4.78, 5) is 2.58. The minimum Gasteiger partial charge on any atom is -0.497 e. The Kier molecular flexibility index (Phi) is 3.52. The lowest BCUT2D eigenvalue weighted by atomic mass is 9.94. The van der Waals surface area contributed by atoms with Gasteiger partial charge in [0.05, 0.1) is 7.11 Å². The first-order valence-corrected chi connectivity index (χ1v) is 6.94. The number of hydrogen-bond acceptors (Lipinski definition) is 3. The molecular formula is C15H22N2O. The topological polar surface area (TPSA) is 24.5 Å². The Bertz CT molecular complexity index is 376. The van der Waals surface area contributed by atoms with Gasteiger partial charge < -0.3 is 10.1 Å². The SMILES string of the molecule is COc1ccc(CN2CC3CCCNC3C2)cc1. The maximum Gasteiger partial charge on any atom is 0.118 e. The van der Waals surface area contributed by atoms with Crippen LogP contribution in [0.1, 0.15) is 18.4 Å². The Balaban J connectivity index is 1.59. The molecule has 0 bridgehead atoms. The first kappa shape index (κ1) is 12.0. The average molecular weight is 246 g/mol. The summed E-state index contributed by atoms with van der Waals surface area (Å²) < 4.78 is 5.19. The van der Waals surface area contributed by atoms with Gasteiger partial charge in [0, 0.05) is 25.7 Å². The molecule has 0 aliphatic carbocycles. The number of ether oxygens (including phenoxy) is 1. The molecule has 2 unspecified atom stereocenters. The molecule has 2 saturated heterocycles. The Morgan fingerprint density at radius 3 is 2.83 bits per heavy atom. The minimum atomic E-state index is 0.733. The van der Waals surface area contributed by atoms with Gasteiger partial charge in [-0.15, -0.1) is 0 Å². The van der Waals surface area contributed by atoms with Gasteiger partial charge in [-0.1, -0.05) is 12.1 Å². The van der Waals surface area contributed by atoms with E-state index in [-0.39, 0.29) is 0 Å². The monoisotopic (exact) mass is 246 g/mol. The van der Waals surface area contributed by atoms with Crippen LogP contribution in [0.3, 0.4) is 0 Å². The third-order valence-electron chi connectivity index (χ3n) is 4.24. The van der Waals surface area contributed by atoms with Crippen molar-refractivity contribution in [2.75, 3.05) is 26.7 Å². The highest BCUT2D eigenvalue weighted by molar-refractivity contribution is 5.27. The van der Waals surface area contributed by atoms with Crippen LogP contribution >= 0.6 is 0 Å². The molecule has 1 N–H and O–H groups in total. The molecule has 98 valence electrons. The van der Waals surface area contributed by atoms with Crippen molar-refractivity contribution in [3.8, 4) is 5.75 Å². The van der Waals surface area contributed by atoms with Gasteiger partial charge in [0.15, 0.2) is 0 Å². The standard InChI is InChI=1S/C15H22N2O/c1-18-14-6-4-12(5-7-14)9-17-10-13-3-2-8-16-15(13)11-17/h4-7,13,15-16H,2-3,8-11H2,1H3. The van der Waals surface area contributed by atoms with Crippen LogP contribution in [0.15, 0.2) is 24.3 Å². The molecule has 1 aromatic rings.